The summed E-state index contributed by atoms with van der Waals surface area (Å²) in [6.07, 6.45) is 6.23. The van der Waals surface area contributed by atoms with Crippen molar-refractivity contribution in [2.24, 2.45) is 5.92 Å². The van der Waals surface area contributed by atoms with Crippen molar-refractivity contribution in [1.82, 2.24) is 9.80 Å². The van der Waals surface area contributed by atoms with E-state index in [1.165, 1.54) is 12.0 Å². The maximum absolute atomic E-state index is 12.4. The van der Waals surface area contributed by atoms with Crippen LogP contribution in [0, 0.1) is 5.92 Å². The number of nitrogens with zero attached hydrogens (tertiary/aromatic N) is 2. The molecule has 2 rings (SSSR count). The molecule has 0 aromatic heterocycles. The molecule has 1 atom stereocenters. The van der Waals surface area contributed by atoms with E-state index in [0.717, 1.165) is 64.8 Å². The first-order chi connectivity index (χ1) is 14.7. The molecule has 1 heterocycles. The lowest BCUT2D eigenvalue weighted by Gasteiger charge is -2.25. The molecular formula is C25H42N2O3S. The SMILES string of the molecule is CCN(CCCCN1CCCCCC1=O)CC(C)c1ccc(S(=O)(=O)CC(C)C)cc1. The molecule has 1 saturated heterocycles. The van der Waals surface area contributed by atoms with Crippen molar-refractivity contribution in [3.8, 4) is 0 Å². The van der Waals surface area contributed by atoms with Gasteiger partial charge in [-0.05, 0) is 68.3 Å². The van der Waals surface area contributed by atoms with Crippen LogP contribution in [0.3, 0.4) is 0 Å². The highest BCUT2D eigenvalue weighted by molar-refractivity contribution is 7.91. The number of unbranched alkanes of at least 4 members (excludes halogenated alkanes) is 1. The summed E-state index contributed by atoms with van der Waals surface area (Å²) in [5.74, 6) is 0.986. The summed E-state index contributed by atoms with van der Waals surface area (Å²) in [5.41, 5.74) is 1.18. The van der Waals surface area contributed by atoms with Crippen LogP contribution in [0.5, 0.6) is 0 Å². The van der Waals surface area contributed by atoms with E-state index < -0.39 is 9.84 Å². The highest BCUT2D eigenvalue weighted by atomic mass is 32.2. The first-order valence-electron chi connectivity index (χ1n) is 12.1. The second-order valence-corrected chi connectivity index (χ2v) is 11.5. The van der Waals surface area contributed by atoms with E-state index in [0.29, 0.717) is 16.7 Å². The van der Waals surface area contributed by atoms with E-state index in [1.807, 2.05) is 26.0 Å². The zero-order chi connectivity index (χ0) is 22.9. The third-order valence-electron chi connectivity index (χ3n) is 6.16. The third-order valence-corrected chi connectivity index (χ3v) is 8.26. The lowest BCUT2D eigenvalue weighted by Crippen LogP contribution is -2.32. The normalized spacial score (nSPS) is 16.7. The van der Waals surface area contributed by atoms with Crippen LogP contribution < -0.4 is 0 Å². The van der Waals surface area contributed by atoms with Crippen LogP contribution in [0.2, 0.25) is 0 Å². The average molecular weight is 451 g/mol. The summed E-state index contributed by atoms with van der Waals surface area (Å²) in [5, 5.41) is 0. The van der Waals surface area contributed by atoms with Crippen molar-refractivity contribution in [1.29, 1.82) is 0 Å². The van der Waals surface area contributed by atoms with Crippen LogP contribution in [0.15, 0.2) is 29.2 Å². The number of carbonyl (C=O) groups is 1. The fourth-order valence-corrected chi connectivity index (χ4v) is 5.94. The molecule has 1 aromatic rings. The first-order valence-corrected chi connectivity index (χ1v) is 13.7. The molecule has 1 aromatic carbocycles. The number of rotatable bonds is 12. The Morgan fingerprint density at radius 2 is 1.74 bits per heavy atom. The number of amides is 1. The van der Waals surface area contributed by atoms with Crippen LogP contribution in [-0.4, -0.2) is 62.6 Å². The Bertz CT molecular complexity index is 774. The molecule has 6 heteroatoms. The second-order valence-electron chi connectivity index (χ2n) is 9.44. The van der Waals surface area contributed by atoms with Gasteiger partial charge < -0.3 is 9.80 Å². The van der Waals surface area contributed by atoms with Crippen LogP contribution in [0.1, 0.15) is 77.7 Å². The van der Waals surface area contributed by atoms with Gasteiger partial charge in [0.05, 0.1) is 10.6 Å². The second kappa shape index (κ2) is 12.6. The maximum atomic E-state index is 12.4. The van der Waals surface area contributed by atoms with Gasteiger partial charge in [-0.1, -0.05) is 46.2 Å². The fourth-order valence-electron chi connectivity index (χ4n) is 4.32. The van der Waals surface area contributed by atoms with Gasteiger partial charge in [0.2, 0.25) is 5.91 Å². The summed E-state index contributed by atoms with van der Waals surface area (Å²) in [6.45, 7) is 13.0. The molecular weight excluding hydrogens is 408 g/mol. The molecule has 1 aliphatic heterocycles. The molecule has 0 N–H and O–H groups in total. The highest BCUT2D eigenvalue weighted by Crippen LogP contribution is 2.21. The zero-order valence-corrected chi connectivity index (χ0v) is 20.8. The molecule has 0 aliphatic carbocycles. The Labute approximate surface area is 190 Å². The van der Waals surface area contributed by atoms with Gasteiger partial charge in [0.15, 0.2) is 9.84 Å². The molecule has 0 radical (unpaired) electrons. The van der Waals surface area contributed by atoms with E-state index in [-0.39, 0.29) is 11.7 Å². The molecule has 176 valence electrons. The minimum absolute atomic E-state index is 0.124. The van der Waals surface area contributed by atoms with E-state index >= 15 is 0 Å². The Balaban J connectivity index is 1.81. The Morgan fingerprint density at radius 1 is 1.03 bits per heavy atom. The Kier molecular flexibility index (Phi) is 10.5. The maximum Gasteiger partial charge on any atom is 0.222 e. The quantitative estimate of drug-likeness (QED) is 0.432. The van der Waals surface area contributed by atoms with E-state index in [2.05, 4.69) is 23.6 Å². The van der Waals surface area contributed by atoms with Gasteiger partial charge in [-0.2, -0.15) is 0 Å². The number of hydrogen-bond donors (Lipinski definition) is 0. The number of likely N-dealkylation sites (N-methyl/N-ethyl adjacent to an activating group) is 1. The minimum atomic E-state index is -3.20. The lowest BCUT2D eigenvalue weighted by molar-refractivity contribution is -0.130. The van der Waals surface area contributed by atoms with Crippen molar-refractivity contribution in [3.63, 3.8) is 0 Å². The average Bonchev–Trinajstić information content (AvgIpc) is 2.93. The topological polar surface area (TPSA) is 57.7 Å². The molecule has 1 amide bonds. The molecule has 0 bridgehead atoms. The van der Waals surface area contributed by atoms with E-state index in [1.54, 1.807) is 12.1 Å². The molecule has 5 nitrogen and oxygen atoms in total. The molecule has 31 heavy (non-hydrogen) atoms. The number of benzene rings is 1. The van der Waals surface area contributed by atoms with Gasteiger partial charge >= 0.3 is 0 Å². The monoisotopic (exact) mass is 450 g/mol. The van der Waals surface area contributed by atoms with Crippen LogP contribution in [0.25, 0.3) is 0 Å². The zero-order valence-electron chi connectivity index (χ0n) is 20.0. The molecule has 0 spiro atoms. The molecule has 1 aliphatic rings. The first kappa shape index (κ1) is 25.9. The summed E-state index contributed by atoms with van der Waals surface area (Å²) >= 11 is 0. The molecule has 1 fully saturated rings. The van der Waals surface area contributed by atoms with Gasteiger partial charge in [-0.3, -0.25) is 4.79 Å². The Morgan fingerprint density at radius 3 is 2.39 bits per heavy atom. The highest BCUT2D eigenvalue weighted by Gasteiger charge is 2.18. The molecule has 0 saturated carbocycles. The predicted molar refractivity (Wildman–Crippen MR) is 128 cm³/mol. The van der Waals surface area contributed by atoms with Crippen molar-refractivity contribution in [2.75, 3.05) is 38.5 Å². The van der Waals surface area contributed by atoms with Crippen LogP contribution >= 0.6 is 0 Å². The molecule has 1 unspecified atom stereocenters. The van der Waals surface area contributed by atoms with Gasteiger partial charge in [0.25, 0.3) is 0 Å². The minimum Gasteiger partial charge on any atom is -0.343 e. The number of hydrogen-bond acceptors (Lipinski definition) is 4. The number of likely N-dealkylation sites (tertiary alicyclic amines) is 1. The van der Waals surface area contributed by atoms with Crippen molar-refractivity contribution in [2.45, 2.75) is 77.0 Å². The van der Waals surface area contributed by atoms with Crippen LogP contribution in [-0.2, 0) is 14.6 Å². The van der Waals surface area contributed by atoms with Crippen LogP contribution in [0.4, 0.5) is 0 Å². The van der Waals surface area contributed by atoms with E-state index in [9.17, 15) is 13.2 Å². The van der Waals surface area contributed by atoms with Gasteiger partial charge in [0.1, 0.15) is 0 Å². The standard InChI is InChI=1S/C25H42N2O3S/c1-5-26(16-9-10-18-27-17-8-6-7-11-25(27)28)19-22(4)23-12-14-24(15-13-23)31(29,30)20-21(2)3/h12-15,21-22H,5-11,16-20H2,1-4H3. The summed E-state index contributed by atoms with van der Waals surface area (Å²) < 4.78 is 24.8. The number of carbonyl (C=O) groups excluding carboxylic acids is 1. The lowest BCUT2D eigenvalue weighted by atomic mass is 10.0. The Hall–Kier alpha value is -1.40. The van der Waals surface area contributed by atoms with Gasteiger partial charge in [0, 0.05) is 26.1 Å². The smallest absolute Gasteiger partial charge is 0.222 e. The van der Waals surface area contributed by atoms with E-state index in [4.69, 9.17) is 0 Å². The van der Waals surface area contributed by atoms with Gasteiger partial charge in [-0.15, -0.1) is 0 Å². The summed E-state index contributed by atoms with van der Waals surface area (Å²) in [7, 11) is -3.20. The third kappa shape index (κ3) is 8.57. The van der Waals surface area contributed by atoms with Crippen molar-refractivity contribution >= 4 is 15.7 Å². The fraction of sp³-hybridized carbons (Fsp3) is 0.720. The predicted octanol–water partition coefficient (Wildman–Crippen LogP) is 4.72. The summed E-state index contributed by atoms with van der Waals surface area (Å²) in [4.78, 5) is 17.1. The van der Waals surface area contributed by atoms with Crippen molar-refractivity contribution in [3.05, 3.63) is 29.8 Å². The number of sulfone groups is 1. The van der Waals surface area contributed by atoms with Gasteiger partial charge in [-0.25, -0.2) is 8.42 Å². The largest absolute Gasteiger partial charge is 0.343 e. The van der Waals surface area contributed by atoms with Crippen molar-refractivity contribution < 1.29 is 13.2 Å². The summed E-state index contributed by atoms with van der Waals surface area (Å²) in [6, 6.07) is 7.46.